The van der Waals surface area contributed by atoms with Crippen LogP contribution in [0.25, 0.3) is 0 Å². The van der Waals surface area contributed by atoms with Crippen LogP contribution in [0.1, 0.15) is 23.9 Å². The van der Waals surface area contributed by atoms with Crippen LogP contribution in [0, 0.1) is 6.92 Å². The fraction of sp³-hybridized carbons (Fsp3) is 0.400. The lowest BCUT2D eigenvalue weighted by Crippen LogP contribution is -2.31. The number of nitrogens with zero attached hydrogens (tertiary/aromatic N) is 2. The molecule has 0 saturated heterocycles. The van der Waals surface area contributed by atoms with Gasteiger partial charge in [0.25, 0.3) is 0 Å². The molecule has 1 N–H and O–H groups in total. The van der Waals surface area contributed by atoms with E-state index in [0.717, 1.165) is 21.4 Å². The van der Waals surface area contributed by atoms with Gasteiger partial charge in [0, 0.05) is 24.9 Å². The van der Waals surface area contributed by atoms with Crippen molar-refractivity contribution in [2.24, 2.45) is 7.05 Å². The minimum absolute atomic E-state index is 0.535. The molecule has 1 atom stereocenters. The Balaban J connectivity index is 2.16. The minimum atomic E-state index is -0.837. The number of aromatic nitrogens is 2. The first-order valence-corrected chi connectivity index (χ1v) is 7.60. The summed E-state index contributed by atoms with van der Waals surface area (Å²) in [6, 6.07) is 7.58. The fourth-order valence-corrected chi connectivity index (χ4v) is 2.94. The third-order valence-electron chi connectivity index (χ3n) is 3.31. The Morgan fingerprint density at radius 3 is 2.40 bits per heavy atom. The molecule has 1 heterocycles. The molecule has 3 nitrogen and oxygen atoms in total. The zero-order valence-electron chi connectivity index (χ0n) is 11.8. The lowest BCUT2D eigenvalue weighted by Gasteiger charge is -2.23. The average molecular weight is 358 g/mol. The van der Waals surface area contributed by atoms with Gasteiger partial charge in [-0.2, -0.15) is 5.10 Å². The predicted molar refractivity (Wildman–Crippen MR) is 85.1 cm³/mol. The largest absolute Gasteiger partial charge is 0.389 e. The number of benzene rings is 1. The second kappa shape index (κ2) is 5.88. The van der Waals surface area contributed by atoms with E-state index >= 15 is 0 Å². The maximum atomic E-state index is 10.7. The molecule has 0 aliphatic rings. The Labute approximate surface area is 132 Å². The highest BCUT2D eigenvalue weighted by Crippen LogP contribution is 2.26. The van der Waals surface area contributed by atoms with E-state index in [1.165, 1.54) is 0 Å². The zero-order valence-corrected chi connectivity index (χ0v) is 14.2. The van der Waals surface area contributed by atoms with Gasteiger partial charge < -0.3 is 5.11 Å². The van der Waals surface area contributed by atoms with Crippen LogP contribution >= 0.6 is 27.5 Å². The number of hydrogen-bond acceptors (Lipinski definition) is 2. The third-order valence-corrected chi connectivity index (χ3v) is 4.59. The number of hydrogen-bond donors (Lipinski definition) is 1. The topological polar surface area (TPSA) is 38.0 Å². The minimum Gasteiger partial charge on any atom is -0.389 e. The molecule has 0 radical (unpaired) electrons. The highest BCUT2D eigenvalue weighted by atomic mass is 79.9. The predicted octanol–water partition coefficient (Wildman–Crippen LogP) is 3.68. The molecule has 108 valence electrons. The van der Waals surface area contributed by atoms with Gasteiger partial charge in [0.05, 0.1) is 21.5 Å². The van der Waals surface area contributed by atoms with Gasteiger partial charge in [0.15, 0.2) is 0 Å². The van der Waals surface area contributed by atoms with E-state index in [1.54, 1.807) is 0 Å². The first-order valence-electron chi connectivity index (χ1n) is 6.43. The molecule has 1 aromatic carbocycles. The Morgan fingerprint density at radius 2 is 1.90 bits per heavy atom. The molecule has 0 bridgehead atoms. The Hall–Kier alpha value is -0.840. The van der Waals surface area contributed by atoms with Gasteiger partial charge in [-0.05, 0) is 47.5 Å². The van der Waals surface area contributed by atoms with E-state index in [4.69, 9.17) is 11.6 Å². The summed E-state index contributed by atoms with van der Waals surface area (Å²) in [6.07, 6.45) is 1.11. The molecule has 0 aliphatic carbocycles. The molecule has 2 rings (SSSR count). The van der Waals surface area contributed by atoms with Gasteiger partial charge >= 0.3 is 0 Å². The summed E-state index contributed by atoms with van der Waals surface area (Å²) >= 11 is 9.41. The van der Waals surface area contributed by atoms with E-state index in [1.807, 2.05) is 49.8 Å². The summed E-state index contributed by atoms with van der Waals surface area (Å²) in [5.74, 6) is 0. The SMILES string of the molecule is Cc1nn(C)c(CC(C)(O)Cc2ccc(Cl)cc2)c1Br. The molecule has 20 heavy (non-hydrogen) atoms. The Kier molecular flexibility index (Phi) is 4.57. The molecule has 2 aromatic rings. The summed E-state index contributed by atoms with van der Waals surface area (Å²) in [5, 5.41) is 15.7. The summed E-state index contributed by atoms with van der Waals surface area (Å²) < 4.78 is 2.78. The van der Waals surface area contributed by atoms with E-state index in [-0.39, 0.29) is 0 Å². The van der Waals surface area contributed by atoms with Gasteiger partial charge in [0.2, 0.25) is 0 Å². The van der Waals surface area contributed by atoms with Gasteiger partial charge in [-0.1, -0.05) is 23.7 Å². The van der Waals surface area contributed by atoms with E-state index in [0.29, 0.717) is 17.9 Å². The van der Waals surface area contributed by atoms with Crippen LogP contribution in [-0.4, -0.2) is 20.5 Å². The number of aryl methyl sites for hydroxylation is 2. The second-order valence-corrected chi connectivity index (χ2v) is 6.68. The van der Waals surface area contributed by atoms with Gasteiger partial charge in [0.1, 0.15) is 0 Å². The van der Waals surface area contributed by atoms with E-state index in [9.17, 15) is 5.11 Å². The Bertz CT molecular complexity index is 605. The zero-order chi connectivity index (χ0) is 14.9. The smallest absolute Gasteiger partial charge is 0.0738 e. The van der Waals surface area contributed by atoms with Crippen molar-refractivity contribution in [3.05, 3.63) is 50.7 Å². The maximum Gasteiger partial charge on any atom is 0.0738 e. The molecule has 0 fully saturated rings. The molecule has 1 aromatic heterocycles. The quantitative estimate of drug-likeness (QED) is 0.906. The van der Waals surface area contributed by atoms with Gasteiger partial charge in [-0.3, -0.25) is 4.68 Å². The molecule has 0 amide bonds. The van der Waals surface area contributed by atoms with Crippen LogP contribution in [-0.2, 0) is 19.9 Å². The normalized spacial score (nSPS) is 14.3. The van der Waals surface area contributed by atoms with Crippen molar-refractivity contribution in [3.8, 4) is 0 Å². The van der Waals surface area contributed by atoms with Crippen molar-refractivity contribution in [1.29, 1.82) is 0 Å². The summed E-state index contributed by atoms with van der Waals surface area (Å²) in [5.41, 5.74) is 2.16. The number of halogens is 2. The first kappa shape index (κ1) is 15.5. The molecular formula is C15H18BrClN2O. The van der Waals surface area contributed by atoms with Crippen molar-refractivity contribution >= 4 is 27.5 Å². The number of aliphatic hydroxyl groups is 1. The van der Waals surface area contributed by atoms with Gasteiger partial charge in [-0.15, -0.1) is 0 Å². The van der Waals surface area contributed by atoms with E-state index in [2.05, 4.69) is 21.0 Å². The average Bonchev–Trinajstić information content (AvgIpc) is 2.58. The first-order chi connectivity index (χ1) is 9.28. The summed E-state index contributed by atoms with van der Waals surface area (Å²) in [7, 11) is 1.89. The van der Waals surface area contributed by atoms with Crippen molar-refractivity contribution < 1.29 is 5.11 Å². The monoisotopic (exact) mass is 356 g/mol. The van der Waals surface area contributed by atoms with Crippen molar-refractivity contribution in [3.63, 3.8) is 0 Å². The van der Waals surface area contributed by atoms with Crippen molar-refractivity contribution in [2.45, 2.75) is 32.3 Å². The van der Waals surface area contributed by atoms with Crippen LogP contribution in [0.5, 0.6) is 0 Å². The van der Waals surface area contributed by atoms with Crippen LogP contribution in [0.4, 0.5) is 0 Å². The molecule has 1 unspecified atom stereocenters. The summed E-state index contributed by atoms with van der Waals surface area (Å²) in [4.78, 5) is 0. The lowest BCUT2D eigenvalue weighted by atomic mass is 9.92. The van der Waals surface area contributed by atoms with Gasteiger partial charge in [-0.25, -0.2) is 0 Å². The fourth-order valence-electron chi connectivity index (χ4n) is 2.34. The molecule has 0 aliphatic heterocycles. The molecule has 0 saturated carbocycles. The highest BCUT2D eigenvalue weighted by molar-refractivity contribution is 9.10. The maximum absolute atomic E-state index is 10.7. The molecule has 5 heteroatoms. The van der Waals surface area contributed by atoms with Crippen LogP contribution < -0.4 is 0 Å². The van der Waals surface area contributed by atoms with E-state index < -0.39 is 5.60 Å². The standard InChI is InChI=1S/C15H18BrClN2O/c1-10-14(16)13(19(3)18-10)9-15(2,20)8-11-4-6-12(17)7-5-11/h4-7,20H,8-9H2,1-3H3. The van der Waals surface area contributed by atoms with Crippen molar-refractivity contribution in [1.82, 2.24) is 9.78 Å². The molecular weight excluding hydrogens is 340 g/mol. The molecule has 0 spiro atoms. The van der Waals surface area contributed by atoms with Crippen LogP contribution in [0.3, 0.4) is 0 Å². The third kappa shape index (κ3) is 3.62. The summed E-state index contributed by atoms with van der Waals surface area (Å²) in [6.45, 7) is 3.79. The lowest BCUT2D eigenvalue weighted by molar-refractivity contribution is 0.0587. The Morgan fingerprint density at radius 1 is 1.30 bits per heavy atom. The van der Waals surface area contributed by atoms with Crippen molar-refractivity contribution in [2.75, 3.05) is 0 Å². The van der Waals surface area contributed by atoms with Crippen LogP contribution in [0.15, 0.2) is 28.7 Å². The second-order valence-electron chi connectivity index (χ2n) is 5.45. The van der Waals surface area contributed by atoms with Crippen LogP contribution in [0.2, 0.25) is 5.02 Å². The number of rotatable bonds is 4. The highest BCUT2D eigenvalue weighted by Gasteiger charge is 2.25.